The summed E-state index contributed by atoms with van der Waals surface area (Å²) in [6.45, 7) is 3.58. The maximum absolute atomic E-state index is 13.4. The maximum Gasteiger partial charge on any atom is 0.243 e. The molecule has 0 aliphatic carbocycles. The molecule has 0 saturated carbocycles. The standard InChI is InChI=1S/C13H18FNO4S/c1-9-8-19-10(2)6-15(9)20(17,18)13-5-12(14)4-3-11(13)7-16/h3-5,9-10,16H,6-8H2,1-2H3. The number of halogens is 1. The second-order valence-corrected chi connectivity index (χ2v) is 6.84. The number of rotatable bonds is 3. The molecule has 1 aliphatic heterocycles. The predicted octanol–water partition coefficient (Wildman–Crippen LogP) is 1.12. The van der Waals surface area contributed by atoms with Gasteiger partial charge in [0.05, 0.1) is 24.2 Å². The zero-order valence-corrected chi connectivity index (χ0v) is 12.2. The van der Waals surface area contributed by atoms with Crippen LogP contribution in [0, 0.1) is 5.82 Å². The molecule has 2 atom stereocenters. The van der Waals surface area contributed by atoms with Crippen LogP contribution >= 0.6 is 0 Å². The van der Waals surface area contributed by atoms with Crippen LogP contribution in [-0.4, -0.2) is 43.1 Å². The normalized spacial score (nSPS) is 24.8. The number of sulfonamides is 1. The first kappa shape index (κ1) is 15.4. The van der Waals surface area contributed by atoms with E-state index in [1.165, 1.54) is 10.4 Å². The Morgan fingerprint density at radius 1 is 1.45 bits per heavy atom. The van der Waals surface area contributed by atoms with Gasteiger partial charge in [0.25, 0.3) is 0 Å². The zero-order valence-electron chi connectivity index (χ0n) is 11.4. The highest BCUT2D eigenvalue weighted by Gasteiger charge is 2.35. The summed E-state index contributed by atoms with van der Waals surface area (Å²) in [5.41, 5.74) is 0.192. The minimum atomic E-state index is -3.86. The lowest BCUT2D eigenvalue weighted by atomic mass is 10.2. The summed E-state index contributed by atoms with van der Waals surface area (Å²) in [4.78, 5) is -0.180. The third-order valence-corrected chi connectivity index (χ3v) is 5.40. The van der Waals surface area contributed by atoms with Gasteiger partial charge in [-0.25, -0.2) is 12.8 Å². The lowest BCUT2D eigenvalue weighted by Crippen LogP contribution is -2.50. The van der Waals surface area contributed by atoms with Crippen LogP contribution in [0.5, 0.6) is 0 Å². The number of hydrogen-bond acceptors (Lipinski definition) is 4. The summed E-state index contributed by atoms with van der Waals surface area (Å²) in [7, 11) is -3.86. The second kappa shape index (κ2) is 5.77. The SMILES string of the molecule is CC1CN(S(=O)(=O)c2cc(F)ccc2CO)C(C)CO1. The molecule has 2 unspecified atom stereocenters. The molecule has 1 N–H and O–H groups in total. The van der Waals surface area contributed by atoms with Crippen molar-refractivity contribution in [3.63, 3.8) is 0 Å². The van der Waals surface area contributed by atoms with Crippen LogP contribution in [0.15, 0.2) is 23.1 Å². The van der Waals surface area contributed by atoms with Gasteiger partial charge in [-0.2, -0.15) is 4.31 Å². The van der Waals surface area contributed by atoms with E-state index in [1.807, 2.05) is 0 Å². The van der Waals surface area contributed by atoms with Crippen LogP contribution in [-0.2, 0) is 21.4 Å². The fourth-order valence-corrected chi connectivity index (χ4v) is 4.15. The molecule has 1 saturated heterocycles. The molecule has 0 amide bonds. The predicted molar refractivity (Wildman–Crippen MR) is 71.1 cm³/mol. The van der Waals surface area contributed by atoms with Crippen molar-refractivity contribution in [2.45, 2.75) is 37.5 Å². The Kier molecular flexibility index (Phi) is 4.43. The number of benzene rings is 1. The number of aliphatic hydroxyl groups is 1. The van der Waals surface area contributed by atoms with Crippen LogP contribution in [0.25, 0.3) is 0 Å². The molecule has 0 aromatic heterocycles. The number of ether oxygens (including phenoxy) is 1. The van der Waals surface area contributed by atoms with Gasteiger partial charge in [0.1, 0.15) is 5.82 Å². The van der Waals surface area contributed by atoms with Crippen molar-refractivity contribution in [2.75, 3.05) is 13.2 Å². The molecule has 1 aliphatic rings. The van der Waals surface area contributed by atoms with E-state index in [0.29, 0.717) is 6.61 Å². The highest BCUT2D eigenvalue weighted by molar-refractivity contribution is 7.89. The number of morpholine rings is 1. The minimum Gasteiger partial charge on any atom is -0.392 e. The highest BCUT2D eigenvalue weighted by Crippen LogP contribution is 2.26. The fraction of sp³-hybridized carbons (Fsp3) is 0.538. The van der Waals surface area contributed by atoms with Crippen molar-refractivity contribution in [3.05, 3.63) is 29.6 Å². The van der Waals surface area contributed by atoms with Gasteiger partial charge in [0, 0.05) is 12.6 Å². The van der Waals surface area contributed by atoms with Crippen molar-refractivity contribution >= 4 is 10.0 Å². The topological polar surface area (TPSA) is 66.8 Å². The molecular weight excluding hydrogens is 285 g/mol. The van der Waals surface area contributed by atoms with E-state index >= 15 is 0 Å². The molecule has 2 rings (SSSR count). The van der Waals surface area contributed by atoms with Gasteiger partial charge in [-0.3, -0.25) is 0 Å². The van der Waals surface area contributed by atoms with Crippen molar-refractivity contribution in [3.8, 4) is 0 Å². The maximum atomic E-state index is 13.4. The first-order valence-electron chi connectivity index (χ1n) is 6.39. The molecule has 1 heterocycles. The third-order valence-electron chi connectivity index (χ3n) is 3.34. The number of nitrogens with zero attached hydrogens (tertiary/aromatic N) is 1. The first-order valence-corrected chi connectivity index (χ1v) is 7.83. The fourth-order valence-electron chi connectivity index (χ4n) is 2.23. The third kappa shape index (κ3) is 2.85. The van der Waals surface area contributed by atoms with E-state index in [9.17, 15) is 17.9 Å². The molecule has 1 fully saturated rings. The Bertz CT molecular complexity index is 590. The molecule has 0 spiro atoms. The van der Waals surface area contributed by atoms with E-state index in [4.69, 9.17) is 4.74 Å². The molecule has 1 aromatic carbocycles. The Hall–Kier alpha value is -1.02. The van der Waals surface area contributed by atoms with Crippen LogP contribution in [0.1, 0.15) is 19.4 Å². The second-order valence-electron chi connectivity index (χ2n) is 4.98. The van der Waals surface area contributed by atoms with Crippen LogP contribution < -0.4 is 0 Å². The number of hydrogen-bond donors (Lipinski definition) is 1. The Morgan fingerprint density at radius 2 is 2.15 bits per heavy atom. The first-order chi connectivity index (χ1) is 9.36. The van der Waals surface area contributed by atoms with Crippen molar-refractivity contribution in [1.29, 1.82) is 0 Å². The Morgan fingerprint density at radius 3 is 2.80 bits per heavy atom. The molecule has 20 heavy (non-hydrogen) atoms. The molecule has 112 valence electrons. The lowest BCUT2D eigenvalue weighted by Gasteiger charge is -2.36. The van der Waals surface area contributed by atoms with Crippen LogP contribution in [0.4, 0.5) is 4.39 Å². The Balaban J connectivity index is 2.46. The number of aliphatic hydroxyl groups excluding tert-OH is 1. The van der Waals surface area contributed by atoms with Crippen molar-refractivity contribution < 1.29 is 22.7 Å². The summed E-state index contributed by atoms with van der Waals surface area (Å²) in [6.07, 6.45) is -0.216. The van der Waals surface area contributed by atoms with Gasteiger partial charge in [-0.1, -0.05) is 6.07 Å². The van der Waals surface area contributed by atoms with E-state index in [1.54, 1.807) is 13.8 Å². The van der Waals surface area contributed by atoms with E-state index in [0.717, 1.165) is 12.1 Å². The van der Waals surface area contributed by atoms with E-state index in [-0.39, 0.29) is 29.1 Å². The van der Waals surface area contributed by atoms with Crippen LogP contribution in [0.3, 0.4) is 0 Å². The van der Waals surface area contributed by atoms with Gasteiger partial charge in [-0.05, 0) is 31.5 Å². The molecular formula is C13H18FNO4S. The summed E-state index contributed by atoms with van der Waals surface area (Å²) in [5, 5.41) is 9.26. The minimum absolute atomic E-state index is 0.180. The highest BCUT2D eigenvalue weighted by atomic mass is 32.2. The molecule has 7 heteroatoms. The lowest BCUT2D eigenvalue weighted by molar-refractivity contribution is -0.0171. The summed E-state index contributed by atoms with van der Waals surface area (Å²) in [6, 6.07) is 3.05. The van der Waals surface area contributed by atoms with Gasteiger partial charge in [-0.15, -0.1) is 0 Å². The molecule has 5 nitrogen and oxygen atoms in total. The van der Waals surface area contributed by atoms with Crippen LogP contribution in [0.2, 0.25) is 0 Å². The van der Waals surface area contributed by atoms with Crippen molar-refractivity contribution in [1.82, 2.24) is 4.31 Å². The van der Waals surface area contributed by atoms with Crippen molar-refractivity contribution in [2.24, 2.45) is 0 Å². The molecule has 0 bridgehead atoms. The summed E-state index contributed by atoms with van der Waals surface area (Å²) in [5.74, 6) is -0.644. The monoisotopic (exact) mass is 303 g/mol. The van der Waals surface area contributed by atoms with Gasteiger partial charge < -0.3 is 9.84 Å². The smallest absolute Gasteiger partial charge is 0.243 e. The molecule has 1 aromatic rings. The van der Waals surface area contributed by atoms with E-state index < -0.39 is 22.4 Å². The van der Waals surface area contributed by atoms with Gasteiger partial charge in [0.15, 0.2) is 0 Å². The summed E-state index contributed by atoms with van der Waals surface area (Å²) < 4.78 is 45.4. The summed E-state index contributed by atoms with van der Waals surface area (Å²) >= 11 is 0. The van der Waals surface area contributed by atoms with Gasteiger partial charge >= 0.3 is 0 Å². The zero-order chi connectivity index (χ0) is 14.9. The quantitative estimate of drug-likeness (QED) is 0.908. The average molecular weight is 303 g/mol. The van der Waals surface area contributed by atoms with Gasteiger partial charge in [0.2, 0.25) is 10.0 Å². The Labute approximate surface area is 118 Å². The van der Waals surface area contributed by atoms with E-state index in [2.05, 4.69) is 0 Å². The average Bonchev–Trinajstić information content (AvgIpc) is 2.41. The molecule has 0 radical (unpaired) electrons. The largest absolute Gasteiger partial charge is 0.392 e.